The van der Waals surface area contributed by atoms with Crippen LogP contribution in [0.3, 0.4) is 0 Å². The van der Waals surface area contributed by atoms with E-state index in [4.69, 9.17) is 24.4 Å². The Bertz CT molecular complexity index is 706. The molecule has 0 saturated carbocycles. The van der Waals surface area contributed by atoms with Crippen LogP contribution in [0.4, 0.5) is 0 Å². The number of carboxylic acids is 1. The van der Waals surface area contributed by atoms with Gasteiger partial charge in [0.05, 0.1) is 11.4 Å². The lowest BCUT2D eigenvalue weighted by Crippen LogP contribution is -2.46. The highest BCUT2D eigenvalue weighted by molar-refractivity contribution is 7.80. The molecule has 8 nitrogen and oxygen atoms in total. The molecule has 0 bridgehead atoms. The zero-order valence-corrected chi connectivity index (χ0v) is 16.4. The quantitative estimate of drug-likeness (QED) is 0.265. The Morgan fingerprint density at radius 1 is 1.08 bits per heavy atom. The lowest BCUT2D eigenvalue weighted by Gasteiger charge is -2.16. The molecule has 1 unspecified atom stereocenters. The average molecular weight is 395 g/mol. The third kappa shape index (κ3) is 7.99. The summed E-state index contributed by atoms with van der Waals surface area (Å²) in [7, 11) is 1.68. The summed E-state index contributed by atoms with van der Waals surface area (Å²) in [5.41, 5.74) is 7.33. The SMILES string of the molecule is CNC(=S)NN=C(C)C(C)=NNC(=S)NC(Cc1ccccc1)C(=O)O. The van der Waals surface area contributed by atoms with Crippen molar-refractivity contribution >= 4 is 52.1 Å². The smallest absolute Gasteiger partial charge is 0.326 e. The van der Waals surface area contributed by atoms with Gasteiger partial charge in [-0.2, -0.15) is 10.2 Å². The van der Waals surface area contributed by atoms with Gasteiger partial charge in [0.15, 0.2) is 10.2 Å². The Kier molecular flexibility index (Phi) is 9.17. The monoisotopic (exact) mass is 394 g/mol. The molecule has 1 atom stereocenters. The molecule has 0 aromatic heterocycles. The van der Waals surface area contributed by atoms with E-state index in [1.807, 2.05) is 30.3 Å². The van der Waals surface area contributed by atoms with Crippen molar-refractivity contribution in [2.75, 3.05) is 7.05 Å². The Balaban J connectivity index is 2.62. The van der Waals surface area contributed by atoms with Crippen LogP contribution in [-0.2, 0) is 11.2 Å². The summed E-state index contributed by atoms with van der Waals surface area (Å²) in [6, 6.07) is 8.44. The number of hydrogen-bond donors (Lipinski definition) is 5. The largest absolute Gasteiger partial charge is 0.480 e. The fraction of sp³-hybridized carbons (Fsp3) is 0.312. The Morgan fingerprint density at radius 3 is 2.12 bits per heavy atom. The van der Waals surface area contributed by atoms with Crippen LogP contribution < -0.4 is 21.5 Å². The first-order valence-corrected chi connectivity index (χ1v) is 8.55. The van der Waals surface area contributed by atoms with E-state index in [0.717, 1.165) is 5.56 Å². The van der Waals surface area contributed by atoms with Gasteiger partial charge in [0.25, 0.3) is 0 Å². The van der Waals surface area contributed by atoms with Gasteiger partial charge in [-0.15, -0.1) is 0 Å². The number of nitrogens with one attached hydrogen (secondary N) is 4. The van der Waals surface area contributed by atoms with Gasteiger partial charge in [-0.3, -0.25) is 10.9 Å². The molecule has 0 aliphatic heterocycles. The molecule has 1 aromatic rings. The minimum absolute atomic E-state index is 0.110. The number of rotatable bonds is 7. The molecule has 1 rings (SSSR count). The van der Waals surface area contributed by atoms with Gasteiger partial charge < -0.3 is 15.7 Å². The molecule has 0 aliphatic carbocycles. The van der Waals surface area contributed by atoms with Gasteiger partial charge in [0.1, 0.15) is 6.04 Å². The fourth-order valence-electron chi connectivity index (χ4n) is 1.73. The minimum Gasteiger partial charge on any atom is -0.480 e. The second-order valence-electron chi connectivity index (χ2n) is 5.25. The predicted octanol–water partition coefficient (Wildman–Crippen LogP) is 0.992. The van der Waals surface area contributed by atoms with Crippen molar-refractivity contribution in [3.05, 3.63) is 35.9 Å². The van der Waals surface area contributed by atoms with Crippen LogP contribution in [0.5, 0.6) is 0 Å². The maximum Gasteiger partial charge on any atom is 0.326 e. The topological polar surface area (TPSA) is 110 Å². The molecule has 26 heavy (non-hydrogen) atoms. The Hall–Kier alpha value is -2.59. The van der Waals surface area contributed by atoms with Crippen molar-refractivity contribution in [1.82, 2.24) is 21.5 Å². The number of thiocarbonyl (C=S) groups is 2. The zero-order chi connectivity index (χ0) is 19.5. The minimum atomic E-state index is -0.999. The molecular formula is C16H22N6O2S2. The third-order valence-electron chi connectivity index (χ3n) is 3.29. The Morgan fingerprint density at radius 2 is 1.62 bits per heavy atom. The maximum absolute atomic E-state index is 11.4. The van der Waals surface area contributed by atoms with Gasteiger partial charge in [-0.05, 0) is 43.8 Å². The highest BCUT2D eigenvalue weighted by Crippen LogP contribution is 2.03. The van der Waals surface area contributed by atoms with E-state index in [2.05, 4.69) is 31.7 Å². The number of hydrogen-bond acceptors (Lipinski definition) is 5. The van der Waals surface area contributed by atoms with E-state index in [1.165, 1.54) is 0 Å². The molecule has 0 aliphatic rings. The summed E-state index contributed by atoms with van der Waals surface area (Å²) in [6.07, 6.45) is 0.298. The van der Waals surface area contributed by atoms with Crippen LogP contribution in [0.1, 0.15) is 19.4 Å². The second-order valence-corrected chi connectivity index (χ2v) is 6.07. The summed E-state index contributed by atoms with van der Waals surface area (Å²) in [4.78, 5) is 11.4. The lowest BCUT2D eigenvalue weighted by molar-refractivity contribution is -0.139. The van der Waals surface area contributed by atoms with E-state index in [9.17, 15) is 9.90 Å². The van der Waals surface area contributed by atoms with E-state index < -0.39 is 12.0 Å². The molecule has 5 N–H and O–H groups in total. The fourth-order valence-corrected chi connectivity index (χ4v) is 1.96. The predicted molar refractivity (Wildman–Crippen MR) is 111 cm³/mol. The molecule has 0 amide bonds. The average Bonchev–Trinajstić information content (AvgIpc) is 2.63. The van der Waals surface area contributed by atoms with Gasteiger partial charge in [-0.25, -0.2) is 4.79 Å². The van der Waals surface area contributed by atoms with Gasteiger partial charge in [0, 0.05) is 13.5 Å². The summed E-state index contributed by atoms with van der Waals surface area (Å²) < 4.78 is 0. The highest BCUT2D eigenvalue weighted by atomic mass is 32.1. The van der Waals surface area contributed by atoms with Gasteiger partial charge >= 0.3 is 5.97 Å². The Labute approximate surface area is 163 Å². The first-order valence-electron chi connectivity index (χ1n) is 7.73. The molecule has 0 fully saturated rings. The summed E-state index contributed by atoms with van der Waals surface area (Å²) >= 11 is 10.0. The van der Waals surface area contributed by atoms with Crippen LogP contribution >= 0.6 is 24.4 Å². The zero-order valence-electron chi connectivity index (χ0n) is 14.7. The van der Waals surface area contributed by atoms with E-state index in [1.54, 1.807) is 20.9 Å². The van der Waals surface area contributed by atoms with Crippen molar-refractivity contribution in [2.24, 2.45) is 10.2 Å². The number of carboxylic acid groups (broad SMARTS) is 1. The van der Waals surface area contributed by atoms with E-state index in [0.29, 0.717) is 23.0 Å². The van der Waals surface area contributed by atoms with Crippen molar-refractivity contribution in [2.45, 2.75) is 26.3 Å². The van der Waals surface area contributed by atoms with Crippen LogP contribution in [0.25, 0.3) is 0 Å². The maximum atomic E-state index is 11.4. The molecule has 1 aromatic carbocycles. The number of aliphatic carboxylic acids is 1. The molecule has 0 spiro atoms. The number of hydrazone groups is 2. The summed E-state index contributed by atoms with van der Waals surface area (Å²) in [5, 5.41) is 23.5. The van der Waals surface area contributed by atoms with Gasteiger partial charge in [-0.1, -0.05) is 30.3 Å². The standard InChI is InChI=1S/C16H22N6O2S2/c1-10(19-21-15(25)17-3)11(2)20-22-16(26)18-13(14(23)24)9-12-7-5-4-6-8-12/h4-8,13H,9H2,1-3H3,(H,23,24)(H2,17,21,25)(H2,18,22,26). The molecule has 10 heteroatoms. The van der Waals surface area contributed by atoms with Crippen molar-refractivity contribution in [3.63, 3.8) is 0 Å². The molecule has 0 heterocycles. The lowest BCUT2D eigenvalue weighted by atomic mass is 10.1. The van der Waals surface area contributed by atoms with Crippen LogP contribution in [-0.4, -0.2) is 45.8 Å². The number of carbonyl (C=O) groups is 1. The first-order chi connectivity index (χ1) is 12.3. The van der Waals surface area contributed by atoms with Crippen molar-refractivity contribution in [1.29, 1.82) is 0 Å². The number of nitrogens with zero attached hydrogens (tertiary/aromatic N) is 2. The number of benzene rings is 1. The summed E-state index contributed by atoms with van der Waals surface area (Å²) in [6.45, 7) is 3.48. The van der Waals surface area contributed by atoms with Crippen LogP contribution in [0.2, 0.25) is 0 Å². The first kappa shape index (κ1) is 21.5. The van der Waals surface area contributed by atoms with Gasteiger partial charge in [0.2, 0.25) is 0 Å². The molecule has 140 valence electrons. The van der Waals surface area contributed by atoms with Crippen molar-refractivity contribution in [3.8, 4) is 0 Å². The molecule has 0 saturated heterocycles. The summed E-state index contributed by atoms with van der Waals surface area (Å²) in [5.74, 6) is -0.999. The highest BCUT2D eigenvalue weighted by Gasteiger charge is 2.18. The van der Waals surface area contributed by atoms with Crippen molar-refractivity contribution < 1.29 is 9.90 Å². The molecular weight excluding hydrogens is 372 g/mol. The third-order valence-corrected chi connectivity index (χ3v) is 3.79. The second kappa shape index (κ2) is 11.1. The van der Waals surface area contributed by atoms with E-state index >= 15 is 0 Å². The van der Waals surface area contributed by atoms with E-state index in [-0.39, 0.29) is 5.11 Å². The normalized spacial score (nSPS) is 12.7. The van der Waals surface area contributed by atoms with Crippen LogP contribution in [0, 0.1) is 0 Å². The van der Waals surface area contributed by atoms with Crippen LogP contribution in [0.15, 0.2) is 40.5 Å². The molecule has 0 radical (unpaired) electrons.